The number of rotatable bonds is 4. The number of hydrogen-bond donors (Lipinski definition) is 3. The number of aliphatic hydroxyl groups is 1. The molecule has 7 rings (SSSR count). The maximum Gasteiger partial charge on any atom is 0.416 e. The number of halogens is 4. The van der Waals surface area contributed by atoms with Gasteiger partial charge in [-0.1, -0.05) is 0 Å². The highest BCUT2D eigenvalue weighted by molar-refractivity contribution is 6.04. The minimum atomic E-state index is -4.62. The quantitative estimate of drug-likeness (QED) is 0.303. The third kappa shape index (κ3) is 4.30. The summed E-state index contributed by atoms with van der Waals surface area (Å²) in [4.78, 5) is 40.3. The Balaban J connectivity index is 1.19. The van der Waals surface area contributed by atoms with Crippen LogP contribution in [0.4, 0.5) is 29.2 Å². The van der Waals surface area contributed by atoms with Gasteiger partial charge in [0, 0.05) is 42.2 Å². The predicted octanol–water partition coefficient (Wildman–Crippen LogP) is 4.01. The van der Waals surface area contributed by atoms with Crippen molar-refractivity contribution in [2.24, 2.45) is 5.41 Å². The molecule has 2 amide bonds. The molecule has 4 N–H and O–H groups in total. The Morgan fingerprint density at radius 3 is 2.63 bits per heavy atom. The predicted molar refractivity (Wildman–Crippen MR) is 145 cm³/mol. The molecule has 3 aliphatic rings. The van der Waals surface area contributed by atoms with Crippen LogP contribution in [0.1, 0.15) is 53.3 Å². The molecule has 14 heteroatoms. The molecular weight excluding hydrogens is 570 g/mol. The van der Waals surface area contributed by atoms with Crippen LogP contribution < -0.4 is 11.1 Å². The normalized spacial score (nSPS) is 22.7. The van der Waals surface area contributed by atoms with Crippen LogP contribution in [0, 0.1) is 11.2 Å². The molecule has 2 saturated heterocycles. The zero-order chi connectivity index (χ0) is 30.3. The Bertz CT molecular complexity index is 1800. The second-order valence-electron chi connectivity index (χ2n) is 11.3. The fraction of sp³-hybridized carbons (Fsp3) is 0.345. The summed E-state index contributed by atoms with van der Waals surface area (Å²) < 4.78 is 56.4. The first-order valence-corrected chi connectivity index (χ1v) is 13.7. The lowest BCUT2D eigenvalue weighted by Gasteiger charge is -2.35. The van der Waals surface area contributed by atoms with E-state index in [0.29, 0.717) is 49.6 Å². The zero-order valence-corrected chi connectivity index (χ0v) is 22.5. The number of carbonyl (C=O) groups is 2. The molecule has 0 bridgehead atoms. The van der Waals surface area contributed by atoms with E-state index in [1.54, 1.807) is 15.5 Å². The van der Waals surface area contributed by atoms with E-state index >= 15 is 4.39 Å². The molecule has 1 spiro atoms. The van der Waals surface area contributed by atoms with Gasteiger partial charge in [-0.3, -0.25) is 14.0 Å². The van der Waals surface area contributed by atoms with Crippen molar-refractivity contribution in [3.63, 3.8) is 0 Å². The first-order valence-electron chi connectivity index (χ1n) is 13.7. The number of anilines is 2. The van der Waals surface area contributed by atoms with Crippen LogP contribution in [0.3, 0.4) is 0 Å². The molecule has 1 aliphatic carbocycles. The van der Waals surface area contributed by atoms with Gasteiger partial charge in [-0.05, 0) is 56.0 Å². The Morgan fingerprint density at radius 1 is 1.12 bits per heavy atom. The average Bonchev–Trinajstić information content (AvgIpc) is 3.66. The summed E-state index contributed by atoms with van der Waals surface area (Å²) in [6, 6.07) is 4.85. The second-order valence-corrected chi connectivity index (χ2v) is 11.3. The van der Waals surface area contributed by atoms with Crippen molar-refractivity contribution < 1.29 is 32.3 Å². The molecule has 1 unspecified atom stereocenters. The molecule has 3 aromatic heterocycles. The van der Waals surface area contributed by atoms with E-state index in [4.69, 9.17) is 10.7 Å². The van der Waals surface area contributed by atoms with Crippen LogP contribution in [0.5, 0.6) is 0 Å². The standard InChI is InChI=1S/C29H25F4N7O3/c30-18-11-14(26(42)37-20-12-16(5-8-35-20)29(31,32)33)1-3-17(18)21-22-24(34)36-9-10-39(22)25(38-21)15-2-4-19-23(41)28(6-7-28)27(43)40(19)13-15/h1,3,5,8-12,15,19,23,41H,2,4,6-7,13H2,(H2,34,36)(H,35,37,42)/t15-,19+,23?/m1/s1. The van der Waals surface area contributed by atoms with Crippen molar-refractivity contribution in [1.29, 1.82) is 0 Å². The zero-order valence-electron chi connectivity index (χ0n) is 22.5. The average molecular weight is 596 g/mol. The van der Waals surface area contributed by atoms with Crippen LogP contribution in [-0.4, -0.2) is 59.9 Å². The Hall–Kier alpha value is -4.59. The Kier molecular flexibility index (Phi) is 6.00. The first kappa shape index (κ1) is 27.3. The number of nitrogens with zero attached hydrogens (tertiary/aromatic N) is 5. The lowest BCUT2D eigenvalue weighted by molar-refractivity contribution is -0.137. The first-order chi connectivity index (χ1) is 20.5. The highest BCUT2D eigenvalue weighted by Gasteiger charge is 2.66. The highest BCUT2D eigenvalue weighted by atomic mass is 19.4. The van der Waals surface area contributed by atoms with Crippen LogP contribution >= 0.6 is 0 Å². The fourth-order valence-corrected chi connectivity index (χ4v) is 6.46. The number of nitrogens with two attached hydrogens (primary N) is 1. The number of alkyl halides is 3. The van der Waals surface area contributed by atoms with Gasteiger partial charge in [0.1, 0.15) is 34.5 Å². The number of nitrogens with one attached hydrogen (secondary N) is 1. The number of hydrogen-bond acceptors (Lipinski definition) is 7. The molecule has 1 saturated carbocycles. The molecule has 43 heavy (non-hydrogen) atoms. The number of imidazole rings is 1. The Labute approximate surface area is 241 Å². The van der Waals surface area contributed by atoms with E-state index < -0.39 is 35.0 Å². The van der Waals surface area contributed by atoms with Crippen molar-refractivity contribution in [2.75, 3.05) is 17.6 Å². The van der Waals surface area contributed by atoms with Gasteiger partial charge in [0.25, 0.3) is 5.91 Å². The third-order valence-electron chi connectivity index (χ3n) is 8.83. The molecule has 2 aliphatic heterocycles. The van der Waals surface area contributed by atoms with Gasteiger partial charge in [-0.25, -0.2) is 19.3 Å². The smallest absolute Gasteiger partial charge is 0.390 e. The number of carbonyl (C=O) groups excluding carboxylic acids is 2. The van der Waals surface area contributed by atoms with Crippen molar-refractivity contribution in [1.82, 2.24) is 24.3 Å². The van der Waals surface area contributed by atoms with Crippen molar-refractivity contribution in [2.45, 2.75) is 49.9 Å². The summed E-state index contributed by atoms with van der Waals surface area (Å²) >= 11 is 0. The van der Waals surface area contributed by atoms with Gasteiger partial charge in [0.05, 0.1) is 23.1 Å². The number of aliphatic hydroxyl groups excluding tert-OH is 1. The molecule has 222 valence electrons. The van der Waals surface area contributed by atoms with E-state index in [1.165, 1.54) is 18.3 Å². The molecule has 5 heterocycles. The number of piperidine rings is 1. The van der Waals surface area contributed by atoms with Gasteiger partial charge in [-0.2, -0.15) is 13.2 Å². The van der Waals surface area contributed by atoms with E-state index in [0.717, 1.165) is 18.3 Å². The molecule has 3 atom stereocenters. The summed E-state index contributed by atoms with van der Waals surface area (Å²) in [5.74, 6) is -1.57. The van der Waals surface area contributed by atoms with Crippen molar-refractivity contribution >= 4 is 29.0 Å². The van der Waals surface area contributed by atoms with E-state index in [-0.39, 0.29) is 46.3 Å². The summed E-state index contributed by atoms with van der Waals surface area (Å²) in [5.41, 5.74) is 5.03. The molecule has 4 aromatic rings. The van der Waals surface area contributed by atoms with Gasteiger partial charge in [0.15, 0.2) is 0 Å². The molecule has 10 nitrogen and oxygen atoms in total. The topological polar surface area (TPSA) is 139 Å². The molecule has 0 radical (unpaired) electrons. The molecule has 3 fully saturated rings. The number of amides is 2. The van der Waals surface area contributed by atoms with Crippen molar-refractivity contribution in [3.8, 4) is 11.3 Å². The van der Waals surface area contributed by atoms with Crippen LogP contribution in [0.15, 0.2) is 48.9 Å². The van der Waals surface area contributed by atoms with Gasteiger partial charge in [0.2, 0.25) is 5.91 Å². The monoisotopic (exact) mass is 595 g/mol. The van der Waals surface area contributed by atoms with E-state index in [9.17, 15) is 27.9 Å². The summed E-state index contributed by atoms with van der Waals surface area (Å²) in [6.07, 6.45) is 1.40. The second kappa shape index (κ2) is 9.46. The molecular formula is C29H25F4N7O3. The molecule has 1 aromatic carbocycles. The minimum absolute atomic E-state index is 0.0304. The fourth-order valence-electron chi connectivity index (χ4n) is 6.46. The number of fused-ring (bicyclic) bond motifs is 2. The van der Waals surface area contributed by atoms with Gasteiger partial charge < -0.3 is 21.1 Å². The van der Waals surface area contributed by atoms with E-state index in [1.807, 2.05) is 0 Å². The number of pyridine rings is 1. The maximum atomic E-state index is 15.6. The largest absolute Gasteiger partial charge is 0.416 e. The summed E-state index contributed by atoms with van der Waals surface area (Å²) in [6.45, 7) is 0.355. The van der Waals surface area contributed by atoms with Crippen molar-refractivity contribution in [3.05, 3.63) is 71.7 Å². The minimum Gasteiger partial charge on any atom is -0.390 e. The highest BCUT2D eigenvalue weighted by Crippen LogP contribution is 2.58. The van der Waals surface area contributed by atoms with Crippen LogP contribution in [0.25, 0.3) is 16.8 Å². The van der Waals surface area contributed by atoms with Crippen LogP contribution in [-0.2, 0) is 11.0 Å². The third-order valence-corrected chi connectivity index (χ3v) is 8.83. The number of benzene rings is 1. The number of aromatic nitrogens is 4. The lowest BCUT2D eigenvalue weighted by atomic mass is 9.89. The van der Waals surface area contributed by atoms with Gasteiger partial charge in [-0.15, -0.1) is 0 Å². The van der Waals surface area contributed by atoms with Crippen LogP contribution in [0.2, 0.25) is 0 Å². The lowest BCUT2D eigenvalue weighted by Crippen LogP contribution is -2.44. The Morgan fingerprint density at radius 2 is 1.91 bits per heavy atom. The summed E-state index contributed by atoms with van der Waals surface area (Å²) in [5, 5.41) is 13.1. The maximum absolute atomic E-state index is 15.6. The van der Waals surface area contributed by atoms with Gasteiger partial charge >= 0.3 is 6.18 Å². The summed E-state index contributed by atoms with van der Waals surface area (Å²) in [7, 11) is 0. The number of nitrogen functional groups attached to an aromatic ring is 1. The SMILES string of the molecule is Nc1nccn2c([C@@H]3CC[C@H]4C(O)C5(CC5)C(=O)N4C3)nc(-c3ccc(C(=O)Nc4cc(C(F)(F)F)ccn4)cc3F)c12. The van der Waals surface area contributed by atoms with E-state index in [2.05, 4.69) is 15.3 Å².